The van der Waals surface area contributed by atoms with Crippen LogP contribution < -0.4 is 0 Å². The summed E-state index contributed by atoms with van der Waals surface area (Å²) in [5, 5.41) is 3.05. The molecule has 0 atom stereocenters. The predicted molar refractivity (Wildman–Crippen MR) is 91.2 cm³/mol. The molecule has 0 aliphatic carbocycles. The average Bonchev–Trinajstić information content (AvgIpc) is 2.91. The van der Waals surface area contributed by atoms with E-state index in [-0.39, 0.29) is 0 Å². The monoisotopic (exact) mass is 366 g/mol. The Labute approximate surface area is 125 Å². The van der Waals surface area contributed by atoms with Gasteiger partial charge in [0.1, 0.15) is 0 Å². The summed E-state index contributed by atoms with van der Waals surface area (Å²) in [5.41, 5.74) is 0. The van der Waals surface area contributed by atoms with Gasteiger partial charge in [0.05, 0.1) is 0 Å². The van der Waals surface area contributed by atoms with E-state index in [1.54, 1.807) is 0 Å². The number of hydrogen-bond acceptors (Lipinski definition) is 4. The van der Waals surface area contributed by atoms with Crippen LogP contribution in [0.15, 0.2) is 12.2 Å². The summed E-state index contributed by atoms with van der Waals surface area (Å²) in [5.74, 6) is 5.75. The van der Waals surface area contributed by atoms with Crippen LogP contribution in [0.25, 0.3) is 0 Å². The second-order valence-electron chi connectivity index (χ2n) is 4.97. The SMILES string of the molecule is C1=C[CH2][Ge]([CH]2SCCCS2)([CH]2SCCCS2)[CH2]1. The molecule has 3 aliphatic heterocycles. The van der Waals surface area contributed by atoms with Crippen molar-refractivity contribution < 1.29 is 0 Å². The van der Waals surface area contributed by atoms with Gasteiger partial charge in [-0.2, -0.15) is 0 Å². The van der Waals surface area contributed by atoms with E-state index >= 15 is 0 Å². The summed E-state index contributed by atoms with van der Waals surface area (Å²) in [6.07, 6.45) is 7.96. The Morgan fingerprint density at radius 3 is 1.53 bits per heavy atom. The molecule has 0 bridgehead atoms. The maximum atomic E-state index is 2.53. The van der Waals surface area contributed by atoms with Crippen molar-refractivity contribution in [1.29, 1.82) is 0 Å². The zero-order chi connectivity index (χ0) is 11.6. The van der Waals surface area contributed by atoms with E-state index < -0.39 is 13.3 Å². The molecule has 0 N–H and O–H groups in total. The molecule has 2 fully saturated rings. The van der Waals surface area contributed by atoms with Gasteiger partial charge in [0, 0.05) is 0 Å². The first-order valence-corrected chi connectivity index (χ1v) is 16.1. The molecule has 0 radical (unpaired) electrons. The van der Waals surface area contributed by atoms with Gasteiger partial charge in [0.15, 0.2) is 0 Å². The van der Waals surface area contributed by atoms with Crippen molar-refractivity contribution in [2.75, 3.05) is 23.0 Å². The van der Waals surface area contributed by atoms with Crippen molar-refractivity contribution >= 4 is 60.3 Å². The molecule has 2 saturated heterocycles. The van der Waals surface area contributed by atoms with Crippen molar-refractivity contribution in [3.8, 4) is 0 Å². The van der Waals surface area contributed by atoms with Crippen LogP contribution in [0, 0.1) is 0 Å². The molecule has 0 unspecified atom stereocenters. The van der Waals surface area contributed by atoms with Crippen molar-refractivity contribution in [3.63, 3.8) is 0 Å². The Kier molecular flexibility index (Phi) is 5.16. The quantitative estimate of drug-likeness (QED) is 0.523. The molecule has 0 nitrogen and oxygen atoms in total. The van der Waals surface area contributed by atoms with Crippen LogP contribution >= 0.6 is 47.0 Å². The number of allylic oxidation sites excluding steroid dienone is 2. The van der Waals surface area contributed by atoms with Crippen molar-refractivity contribution in [1.82, 2.24) is 0 Å². The molecule has 0 spiro atoms. The molecule has 0 saturated carbocycles. The van der Waals surface area contributed by atoms with Crippen LogP contribution in [-0.2, 0) is 0 Å². The van der Waals surface area contributed by atoms with Crippen molar-refractivity contribution in [2.45, 2.75) is 30.2 Å². The van der Waals surface area contributed by atoms with E-state index in [1.165, 1.54) is 46.4 Å². The van der Waals surface area contributed by atoms with Crippen molar-refractivity contribution in [2.24, 2.45) is 0 Å². The van der Waals surface area contributed by atoms with E-state index in [1.807, 2.05) is 0 Å². The fraction of sp³-hybridized carbons (Fsp3) is 0.833. The predicted octanol–water partition coefficient (Wildman–Crippen LogP) is 4.48. The van der Waals surface area contributed by atoms with Crippen LogP contribution in [0.1, 0.15) is 12.8 Å². The van der Waals surface area contributed by atoms with Gasteiger partial charge in [-0.1, -0.05) is 0 Å². The number of thioether (sulfide) groups is 4. The molecule has 17 heavy (non-hydrogen) atoms. The third-order valence-corrected chi connectivity index (χ3v) is 30.8. The molecule has 3 aliphatic rings. The summed E-state index contributed by atoms with van der Waals surface area (Å²) in [4.78, 5) is 0. The molecule has 3 heterocycles. The summed E-state index contributed by atoms with van der Waals surface area (Å²) in [6.45, 7) is 0. The van der Waals surface area contributed by atoms with Gasteiger partial charge in [0.2, 0.25) is 0 Å². The van der Waals surface area contributed by atoms with E-state index in [4.69, 9.17) is 0 Å². The molecule has 0 aromatic carbocycles. The molecular formula is C12H20GeS4. The molecule has 0 aromatic heterocycles. The Bertz CT molecular complexity index is 254. The average molecular weight is 365 g/mol. The number of hydrogen-bond donors (Lipinski definition) is 0. The first-order valence-electron chi connectivity index (χ1n) is 6.53. The molecule has 96 valence electrons. The van der Waals surface area contributed by atoms with Crippen LogP contribution in [0.4, 0.5) is 0 Å². The second-order valence-corrected chi connectivity index (χ2v) is 23.2. The van der Waals surface area contributed by atoms with E-state index in [2.05, 4.69) is 59.2 Å². The maximum absolute atomic E-state index is 2.53. The van der Waals surface area contributed by atoms with Gasteiger partial charge >= 0.3 is 126 Å². The zero-order valence-electron chi connectivity index (χ0n) is 10.1. The Morgan fingerprint density at radius 1 is 0.706 bits per heavy atom. The molecule has 0 amide bonds. The topological polar surface area (TPSA) is 0 Å². The Hall–Kier alpha value is 1.68. The van der Waals surface area contributed by atoms with Gasteiger partial charge in [-0.15, -0.1) is 0 Å². The van der Waals surface area contributed by atoms with Crippen LogP contribution in [0.3, 0.4) is 0 Å². The van der Waals surface area contributed by atoms with Crippen molar-refractivity contribution in [3.05, 3.63) is 12.2 Å². The first-order chi connectivity index (χ1) is 8.42. The number of rotatable bonds is 2. The summed E-state index contributed by atoms with van der Waals surface area (Å²) in [6, 6.07) is 0. The third kappa shape index (κ3) is 2.91. The molecule has 5 heteroatoms. The van der Waals surface area contributed by atoms with Crippen LogP contribution in [0.5, 0.6) is 0 Å². The van der Waals surface area contributed by atoms with Gasteiger partial charge in [-0.25, -0.2) is 0 Å². The van der Waals surface area contributed by atoms with Gasteiger partial charge in [-0.3, -0.25) is 0 Å². The van der Waals surface area contributed by atoms with Gasteiger partial charge in [0.25, 0.3) is 0 Å². The Balaban J connectivity index is 1.76. The molecule has 0 aromatic rings. The van der Waals surface area contributed by atoms with E-state index in [0.717, 1.165) is 6.83 Å². The van der Waals surface area contributed by atoms with Crippen LogP contribution in [0.2, 0.25) is 10.5 Å². The van der Waals surface area contributed by atoms with Gasteiger partial charge < -0.3 is 0 Å². The zero-order valence-corrected chi connectivity index (χ0v) is 15.5. The van der Waals surface area contributed by atoms with E-state index in [0.29, 0.717) is 0 Å². The summed E-state index contributed by atoms with van der Waals surface area (Å²) < 4.78 is 2.09. The fourth-order valence-corrected chi connectivity index (χ4v) is 33.5. The van der Waals surface area contributed by atoms with Crippen LogP contribution in [-0.4, -0.2) is 43.1 Å². The molecular weight excluding hydrogens is 345 g/mol. The standard InChI is InChI=1S/C12H20GeS4/c1-2-6-13(5-1,11-14-7-3-8-15-11)12-16-9-4-10-17-12/h1-2,11-12H,3-10H2. The molecule has 3 rings (SSSR count). The fourth-order valence-electron chi connectivity index (χ4n) is 2.82. The summed E-state index contributed by atoms with van der Waals surface area (Å²) in [7, 11) is 0. The van der Waals surface area contributed by atoms with Gasteiger partial charge in [-0.05, 0) is 0 Å². The minimum absolute atomic E-state index is 1.04. The normalized spacial score (nSPS) is 30.8. The first kappa shape index (κ1) is 13.7. The second kappa shape index (κ2) is 6.42. The summed E-state index contributed by atoms with van der Waals surface area (Å²) >= 11 is 7.66. The third-order valence-electron chi connectivity index (χ3n) is 3.76. The Morgan fingerprint density at radius 2 is 1.12 bits per heavy atom. The van der Waals surface area contributed by atoms with E-state index in [9.17, 15) is 0 Å². The minimum atomic E-state index is -1.67.